The second-order valence-electron chi connectivity index (χ2n) is 5.08. The van der Waals surface area contributed by atoms with Crippen LogP contribution in [0.2, 0.25) is 0 Å². The van der Waals surface area contributed by atoms with Crippen molar-refractivity contribution >= 4 is 5.97 Å². The van der Waals surface area contributed by atoms with Gasteiger partial charge in [-0.05, 0) is 25.7 Å². The lowest BCUT2D eigenvalue weighted by atomic mass is 9.97. The summed E-state index contributed by atoms with van der Waals surface area (Å²) in [6.07, 6.45) is 2.14. The molecule has 6 nitrogen and oxygen atoms in total. The van der Waals surface area contributed by atoms with Crippen LogP contribution >= 0.6 is 0 Å². The Balaban J connectivity index is 2.72. The molecule has 0 radical (unpaired) electrons. The maximum atomic E-state index is 12.0. The molecule has 1 atom stereocenters. The monoisotopic (exact) mass is 284 g/mol. The number of aryl methyl sites for hydroxylation is 1. The van der Waals surface area contributed by atoms with Crippen LogP contribution in [0.3, 0.4) is 0 Å². The van der Waals surface area contributed by atoms with Crippen molar-refractivity contribution in [2.24, 2.45) is 5.92 Å². The van der Waals surface area contributed by atoms with E-state index in [4.69, 9.17) is 14.0 Å². The molecule has 1 unspecified atom stereocenters. The van der Waals surface area contributed by atoms with Gasteiger partial charge in [0.25, 0.3) is 0 Å². The summed E-state index contributed by atoms with van der Waals surface area (Å²) in [6.45, 7) is 6.87. The third-order valence-corrected chi connectivity index (χ3v) is 2.81. The van der Waals surface area contributed by atoms with Crippen LogP contribution in [-0.2, 0) is 20.7 Å². The Bertz CT molecular complexity index is 404. The molecule has 0 N–H and O–H groups in total. The second kappa shape index (κ2) is 8.68. The van der Waals surface area contributed by atoms with Crippen molar-refractivity contribution in [3.05, 3.63) is 11.7 Å². The standard InChI is InChI=1S/C14H24N2O4/c1-5-19-14(17)11(9-10(2)3)13-15-12(16-20-13)7-6-8-18-4/h10-11H,5-9H2,1-4H3. The van der Waals surface area contributed by atoms with Crippen LogP contribution in [0.5, 0.6) is 0 Å². The van der Waals surface area contributed by atoms with Crippen molar-refractivity contribution in [3.63, 3.8) is 0 Å². The average molecular weight is 284 g/mol. The third kappa shape index (κ3) is 5.28. The number of ether oxygens (including phenoxy) is 2. The van der Waals surface area contributed by atoms with Crippen LogP contribution in [0.1, 0.15) is 51.2 Å². The Kier molecular flexibility index (Phi) is 7.22. The highest BCUT2D eigenvalue weighted by atomic mass is 16.5. The lowest BCUT2D eigenvalue weighted by Gasteiger charge is -2.13. The van der Waals surface area contributed by atoms with Gasteiger partial charge in [-0.25, -0.2) is 0 Å². The van der Waals surface area contributed by atoms with Gasteiger partial charge in [0.2, 0.25) is 5.89 Å². The minimum Gasteiger partial charge on any atom is -0.465 e. The van der Waals surface area contributed by atoms with E-state index in [1.165, 1.54) is 0 Å². The Hall–Kier alpha value is -1.43. The van der Waals surface area contributed by atoms with E-state index in [0.717, 1.165) is 6.42 Å². The normalized spacial score (nSPS) is 12.7. The van der Waals surface area contributed by atoms with Crippen LogP contribution in [0.25, 0.3) is 0 Å². The quantitative estimate of drug-likeness (QED) is 0.512. The molecule has 0 fully saturated rings. The first kappa shape index (κ1) is 16.6. The number of nitrogens with zero attached hydrogens (tertiary/aromatic N) is 2. The van der Waals surface area contributed by atoms with Gasteiger partial charge < -0.3 is 14.0 Å². The lowest BCUT2D eigenvalue weighted by Crippen LogP contribution is -2.18. The molecule has 6 heteroatoms. The smallest absolute Gasteiger partial charge is 0.318 e. The summed E-state index contributed by atoms with van der Waals surface area (Å²) in [4.78, 5) is 16.3. The zero-order valence-electron chi connectivity index (χ0n) is 12.7. The Morgan fingerprint density at radius 1 is 1.40 bits per heavy atom. The fourth-order valence-corrected chi connectivity index (χ4v) is 1.90. The molecule has 0 aliphatic carbocycles. The number of hydrogen-bond acceptors (Lipinski definition) is 6. The summed E-state index contributed by atoms with van der Waals surface area (Å²) in [5, 5.41) is 3.91. The highest BCUT2D eigenvalue weighted by molar-refractivity contribution is 5.76. The maximum absolute atomic E-state index is 12.0. The van der Waals surface area contributed by atoms with Crippen molar-refractivity contribution in [1.82, 2.24) is 10.1 Å². The van der Waals surface area contributed by atoms with E-state index in [0.29, 0.717) is 43.7 Å². The number of hydrogen-bond donors (Lipinski definition) is 0. The van der Waals surface area contributed by atoms with Gasteiger partial charge in [-0.1, -0.05) is 19.0 Å². The highest BCUT2D eigenvalue weighted by Crippen LogP contribution is 2.24. The van der Waals surface area contributed by atoms with E-state index in [1.807, 2.05) is 13.8 Å². The Morgan fingerprint density at radius 3 is 2.75 bits per heavy atom. The first-order valence-corrected chi connectivity index (χ1v) is 7.06. The van der Waals surface area contributed by atoms with Gasteiger partial charge in [-0.15, -0.1) is 0 Å². The molecule has 114 valence electrons. The Labute approximate surface area is 119 Å². The molecule has 0 bridgehead atoms. The number of methoxy groups -OCH3 is 1. The number of aromatic nitrogens is 2. The maximum Gasteiger partial charge on any atom is 0.318 e. The third-order valence-electron chi connectivity index (χ3n) is 2.81. The molecule has 1 aromatic heterocycles. The van der Waals surface area contributed by atoms with Gasteiger partial charge in [0, 0.05) is 20.1 Å². The van der Waals surface area contributed by atoms with Crippen molar-refractivity contribution in [2.75, 3.05) is 20.3 Å². The summed E-state index contributed by atoms with van der Waals surface area (Å²) in [6, 6.07) is 0. The van der Waals surface area contributed by atoms with E-state index in [2.05, 4.69) is 10.1 Å². The van der Waals surface area contributed by atoms with Crippen LogP contribution in [0.4, 0.5) is 0 Å². The van der Waals surface area contributed by atoms with Crippen molar-refractivity contribution in [1.29, 1.82) is 0 Å². The summed E-state index contributed by atoms with van der Waals surface area (Å²) < 4.78 is 15.3. The molecule has 0 aromatic carbocycles. The predicted octanol–water partition coefficient (Wildman–Crippen LogP) is 2.34. The largest absolute Gasteiger partial charge is 0.465 e. The molecule has 0 saturated heterocycles. The zero-order chi connectivity index (χ0) is 15.0. The average Bonchev–Trinajstić information content (AvgIpc) is 2.85. The minimum atomic E-state index is -0.473. The summed E-state index contributed by atoms with van der Waals surface area (Å²) in [7, 11) is 1.65. The molecular weight excluding hydrogens is 260 g/mol. The van der Waals surface area contributed by atoms with Crippen molar-refractivity contribution in [3.8, 4) is 0 Å². The SMILES string of the molecule is CCOC(=O)C(CC(C)C)c1nc(CCCOC)no1. The molecule has 0 saturated carbocycles. The molecule has 1 heterocycles. The summed E-state index contributed by atoms with van der Waals surface area (Å²) in [5.41, 5.74) is 0. The fourth-order valence-electron chi connectivity index (χ4n) is 1.90. The second-order valence-corrected chi connectivity index (χ2v) is 5.08. The van der Waals surface area contributed by atoms with Crippen molar-refractivity contribution in [2.45, 2.75) is 46.0 Å². The molecule has 1 rings (SSSR count). The predicted molar refractivity (Wildman–Crippen MR) is 73.3 cm³/mol. The van der Waals surface area contributed by atoms with E-state index in [1.54, 1.807) is 14.0 Å². The number of esters is 1. The number of carbonyl (C=O) groups is 1. The first-order chi connectivity index (χ1) is 9.58. The van der Waals surface area contributed by atoms with Crippen LogP contribution in [-0.4, -0.2) is 36.4 Å². The molecule has 0 spiro atoms. The molecule has 0 aliphatic rings. The van der Waals surface area contributed by atoms with Gasteiger partial charge in [0.15, 0.2) is 5.82 Å². The van der Waals surface area contributed by atoms with E-state index < -0.39 is 5.92 Å². The van der Waals surface area contributed by atoms with E-state index in [-0.39, 0.29) is 5.97 Å². The highest BCUT2D eigenvalue weighted by Gasteiger charge is 2.28. The summed E-state index contributed by atoms with van der Waals surface area (Å²) in [5.74, 6) is 0.528. The van der Waals surface area contributed by atoms with Crippen LogP contribution < -0.4 is 0 Å². The number of carbonyl (C=O) groups excluding carboxylic acids is 1. The van der Waals surface area contributed by atoms with Gasteiger partial charge in [-0.2, -0.15) is 4.98 Å². The molecule has 20 heavy (non-hydrogen) atoms. The molecule has 0 amide bonds. The molecule has 0 aliphatic heterocycles. The fraction of sp³-hybridized carbons (Fsp3) is 0.786. The van der Waals surface area contributed by atoms with E-state index >= 15 is 0 Å². The van der Waals surface area contributed by atoms with Gasteiger partial charge in [-0.3, -0.25) is 4.79 Å². The molecular formula is C14H24N2O4. The van der Waals surface area contributed by atoms with Crippen LogP contribution in [0.15, 0.2) is 4.52 Å². The molecule has 1 aromatic rings. The Morgan fingerprint density at radius 2 is 2.15 bits per heavy atom. The van der Waals surface area contributed by atoms with Crippen molar-refractivity contribution < 1.29 is 18.8 Å². The zero-order valence-corrected chi connectivity index (χ0v) is 12.7. The van der Waals surface area contributed by atoms with Gasteiger partial charge in [0.05, 0.1) is 6.61 Å². The van der Waals surface area contributed by atoms with Gasteiger partial charge >= 0.3 is 5.97 Å². The van der Waals surface area contributed by atoms with Crippen LogP contribution in [0, 0.1) is 5.92 Å². The number of rotatable bonds is 9. The minimum absolute atomic E-state index is 0.298. The van der Waals surface area contributed by atoms with Gasteiger partial charge in [0.1, 0.15) is 5.92 Å². The summed E-state index contributed by atoms with van der Waals surface area (Å²) >= 11 is 0. The lowest BCUT2D eigenvalue weighted by molar-refractivity contribution is -0.146. The van der Waals surface area contributed by atoms with E-state index in [9.17, 15) is 4.79 Å². The first-order valence-electron chi connectivity index (χ1n) is 7.06. The topological polar surface area (TPSA) is 74.5 Å².